The van der Waals surface area contributed by atoms with Crippen LogP contribution < -0.4 is 15.8 Å². The van der Waals surface area contributed by atoms with E-state index in [1.807, 2.05) is 42.5 Å². The van der Waals surface area contributed by atoms with E-state index in [9.17, 15) is 0 Å². The first-order valence-electron chi connectivity index (χ1n) is 7.96. The number of anilines is 1. The molecule has 0 saturated carbocycles. The van der Waals surface area contributed by atoms with Crippen molar-refractivity contribution in [2.75, 3.05) is 19.0 Å². The summed E-state index contributed by atoms with van der Waals surface area (Å²) in [5, 5.41) is 6.16. The Morgan fingerprint density at radius 2 is 1.88 bits per heavy atom. The number of thiazole rings is 1. The Morgan fingerprint density at radius 1 is 1.15 bits per heavy atom. The van der Waals surface area contributed by atoms with Crippen LogP contribution in [0.15, 0.2) is 65.0 Å². The van der Waals surface area contributed by atoms with Crippen molar-refractivity contribution in [1.82, 2.24) is 4.98 Å². The number of methoxy groups -OCH3 is 1. The Labute approximate surface area is 174 Å². The lowest BCUT2D eigenvalue weighted by atomic mass is 10.2. The Kier molecular flexibility index (Phi) is 7.86. The lowest BCUT2D eigenvalue weighted by molar-refractivity contribution is 0.417. The van der Waals surface area contributed by atoms with E-state index in [1.54, 1.807) is 18.4 Å². The third-order valence-corrected chi connectivity index (χ3v) is 4.53. The molecule has 0 bridgehead atoms. The maximum absolute atomic E-state index is 5.96. The van der Waals surface area contributed by atoms with E-state index < -0.39 is 0 Å². The Balaban J connectivity index is 0.00000243. The molecule has 0 aliphatic carbocycles. The fourth-order valence-electron chi connectivity index (χ4n) is 2.35. The van der Waals surface area contributed by atoms with Gasteiger partial charge in [0.25, 0.3) is 0 Å². The Morgan fingerprint density at radius 3 is 2.65 bits per heavy atom. The average molecular weight is 480 g/mol. The van der Waals surface area contributed by atoms with E-state index >= 15 is 0 Å². The molecule has 3 rings (SSSR count). The van der Waals surface area contributed by atoms with Gasteiger partial charge in [-0.3, -0.25) is 4.99 Å². The van der Waals surface area contributed by atoms with Crippen molar-refractivity contribution in [1.29, 1.82) is 0 Å². The average Bonchev–Trinajstić information content (AvgIpc) is 3.12. The second kappa shape index (κ2) is 10.1. The zero-order valence-corrected chi connectivity index (χ0v) is 17.5. The normalized spacial score (nSPS) is 10.9. The van der Waals surface area contributed by atoms with Crippen molar-refractivity contribution in [2.24, 2.45) is 10.7 Å². The fourth-order valence-corrected chi connectivity index (χ4v) is 3.21. The van der Waals surface area contributed by atoms with Crippen molar-refractivity contribution < 1.29 is 4.74 Å². The van der Waals surface area contributed by atoms with E-state index in [4.69, 9.17) is 10.5 Å². The highest BCUT2D eigenvalue weighted by Gasteiger charge is 2.05. The molecule has 0 aliphatic rings. The van der Waals surface area contributed by atoms with Crippen molar-refractivity contribution >= 4 is 47.0 Å². The van der Waals surface area contributed by atoms with Gasteiger partial charge in [-0.15, -0.1) is 35.3 Å². The SMILES string of the molecule is COc1ccccc1NC(N)=NCCc1csc(-c2ccccc2)n1.I. The summed E-state index contributed by atoms with van der Waals surface area (Å²) in [7, 11) is 1.63. The third-order valence-electron chi connectivity index (χ3n) is 3.59. The monoisotopic (exact) mass is 480 g/mol. The van der Waals surface area contributed by atoms with Crippen molar-refractivity contribution in [2.45, 2.75) is 6.42 Å². The van der Waals surface area contributed by atoms with Gasteiger partial charge in [0.05, 0.1) is 18.5 Å². The van der Waals surface area contributed by atoms with E-state index in [0.717, 1.165) is 34.1 Å². The molecule has 1 heterocycles. The van der Waals surface area contributed by atoms with Gasteiger partial charge >= 0.3 is 0 Å². The van der Waals surface area contributed by atoms with Crippen LogP contribution >= 0.6 is 35.3 Å². The van der Waals surface area contributed by atoms with Gasteiger partial charge in [-0.2, -0.15) is 0 Å². The van der Waals surface area contributed by atoms with Crippen molar-refractivity contribution in [3.05, 3.63) is 65.7 Å². The number of nitrogens with zero attached hydrogens (tertiary/aromatic N) is 2. The topological polar surface area (TPSA) is 72.5 Å². The van der Waals surface area contributed by atoms with Gasteiger partial charge in [0.1, 0.15) is 10.8 Å². The van der Waals surface area contributed by atoms with Gasteiger partial charge in [-0.05, 0) is 12.1 Å². The van der Waals surface area contributed by atoms with Gasteiger partial charge in [0.15, 0.2) is 5.96 Å². The number of rotatable bonds is 6. The highest BCUT2D eigenvalue weighted by Crippen LogP contribution is 2.24. The molecule has 0 spiro atoms. The lowest BCUT2D eigenvalue weighted by Gasteiger charge is -2.09. The quantitative estimate of drug-likeness (QED) is 0.312. The molecule has 7 heteroatoms. The highest BCUT2D eigenvalue weighted by atomic mass is 127. The van der Waals surface area contributed by atoms with E-state index in [2.05, 4.69) is 32.8 Å². The third kappa shape index (κ3) is 5.43. The summed E-state index contributed by atoms with van der Waals surface area (Å²) in [6.07, 6.45) is 0.748. The Bertz CT molecular complexity index is 852. The molecule has 0 saturated heterocycles. The maximum Gasteiger partial charge on any atom is 0.193 e. The summed E-state index contributed by atoms with van der Waals surface area (Å²) >= 11 is 1.65. The number of ether oxygens (including phenoxy) is 1. The summed E-state index contributed by atoms with van der Waals surface area (Å²) in [6.45, 7) is 0.575. The molecule has 5 nitrogen and oxygen atoms in total. The number of para-hydroxylation sites is 2. The standard InChI is InChI=1S/C19H20N4OS.HI/c1-24-17-10-6-5-9-16(17)23-19(20)21-12-11-15-13-25-18(22-15)14-7-3-2-4-8-14;/h2-10,13H,11-12H2,1H3,(H3,20,21,23);1H. The smallest absolute Gasteiger partial charge is 0.193 e. The number of guanidine groups is 1. The number of nitrogens with one attached hydrogen (secondary N) is 1. The number of halogens is 1. The molecule has 0 radical (unpaired) electrons. The zero-order valence-electron chi connectivity index (χ0n) is 14.4. The molecular weight excluding hydrogens is 459 g/mol. The first-order chi connectivity index (χ1) is 12.3. The molecule has 0 amide bonds. The minimum atomic E-state index is 0. The zero-order chi connectivity index (χ0) is 17.5. The highest BCUT2D eigenvalue weighted by molar-refractivity contribution is 14.0. The van der Waals surface area contributed by atoms with Crippen LogP contribution in [0.3, 0.4) is 0 Å². The molecule has 2 aromatic carbocycles. The van der Waals surface area contributed by atoms with Crippen molar-refractivity contribution in [3.63, 3.8) is 0 Å². The molecule has 0 fully saturated rings. The van der Waals surface area contributed by atoms with Crippen LogP contribution in [0.1, 0.15) is 5.69 Å². The minimum absolute atomic E-state index is 0. The largest absolute Gasteiger partial charge is 0.495 e. The Hall–Kier alpha value is -2.13. The minimum Gasteiger partial charge on any atom is -0.495 e. The first-order valence-corrected chi connectivity index (χ1v) is 8.84. The fraction of sp³-hybridized carbons (Fsp3) is 0.158. The van der Waals surface area contributed by atoms with E-state index in [0.29, 0.717) is 12.5 Å². The number of nitrogens with two attached hydrogens (primary N) is 1. The molecule has 3 aromatic rings. The number of hydrogen-bond acceptors (Lipinski definition) is 4. The molecule has 3 N–H and O–H groups in total. The number of aromatic nitrogens is 1. The maximum atomic E-state index is 5.96. The van der Waals surface area contributed by atoms with Crippen LogP contribution in [0.2, 0.25) is 0 Å². The molecule has 1 aromatic heterocycles. The van der Waals surface area contributed by atoms with Crippen LogP contribution in [-0.4, -0.2) is 24.6 Å². The molecule has 136 valence electrons. The van der Waals surface area contributed by atoms with Gasteiger partial charge < -0.3 is 15.8 Å². The number of hydrogen-bond donors (Lipinski definition) is 2. The van der Waals surface area contributed by atoms with E-state index in [1.165, 1.54) is 0 Å². The summed E-state index contributed by atoms with van der Waals surface area (Å²) in [6, 6.07) is 17.8. The number of aliphatic imine (C=N–C) groups is 1. The van der Waals surface area contributed by atoms with Crippen molar-refractivity contribution in [3.8, 4) is 16.3 Å². The van der Waals surface area contributed by atoms with Crippen LogP contribution in [0.25, 0.3) is 10.6 Å². The van der Waals surface area contributed by atoms with Gasteiger partial charge in [0.2, 0.25) is 0 Å². The second-order valence-corrected chi connectivity index (χ2v) is 6.21. The van der Waals surface area contributed by atoms with Crippen LogP contribution in [0, 0.1) is 0 Å². The summed E-state index contributed by atoms with van der Waals surface area (Å²) in [5.41, 5.74) is 8.92. The molecular formula is C19H21IN4OS. The summed E-state index contributed by atoms with van der Waals surface area (Å²) in [5.74, 6) is 1.09. The van der Waals surface area contributed by atoms with Gasteiger partial charge in [-0.25, -0.2) is 4.98 Å². The predicted molar refractivity (Wildman–Crippen MR) is 120 cm³/mol. The summed E-state index contributed by atoms with van der Waals surface area (Å²) in [4.78, 5) is 9.02. The molecule has 0 aliphatic heterocycles. The summed E-state index contributed by atoms with van der Waals surface area (Å²) < 4.78 is 5.28. The molecule has 0 unspecified atom stereocenters. The van der Waals surface area contributed by atoms with Crippen LogP contribution in [0.5, 0.6) is 5.75 Å². The predicted octanol–water partition coefficient (Wildman–Crippen LogP) is 4.41. The molecule has 26 heavy (non-hydrogen) atoms. The van der Waals surface area contributed by atoms with Crippen LogP contribution in [0.4, 0.5) is 5.69 Å². The van der Waals surface area contributed by atoms with Gasteiger partial charge in [0, 0.05) is 23.9 Å². The second-order valence-electron chi connectivity index (χ2n) is 5.35. The first kappa shape index (κ1) is 20.2. The molecule has 0 atom stereocenters. The number of benzene rings is 2. The van der Waals surface area contributed by atoms with Crippen LogP contribution in [-0.2, 0) is 6.42 Å². The van der Waals surface area contributed by atoms with E-state index in [-0.39, 0.29) is 24.0 Å². The lowest BCUT2D eigenvalue weighted by Crippen LogP contribution is -2.23. The van der Waals surface area contributed by atoms with Gasteiger partial charge in [-0.1, -0.05) is 42.5 Å².